The van der Waals surface area contributed by atoms with E-state index >= 15 is 4.57 Å². The van der Waals surface area contributed by atoms with Gasteiger partial charge in [-0.15, -0.1) is 11.8 Å². The molecular formula is C28H35OPS. The molecule has 0 aliphatic heterocycles. The molecule has 2 aromatic rings. The van der Waals surface area contributed by atoms with Crippen molar-refractivity contribution in [1.29, 1.82) is 0 Å². The summed E-state index contributed by atoms with van der Waals surface area (Å²) in [7, 11) is -2.71. The normalized spacial score (nSPS) is 27.4. The molecule has 0 N–H and O–H groups in total. The van der Waals surface area contributed by atoms with E-state index in [1.165, 1.54) is 51.4 Å². The van der Waals surface area contributed by atoms with E-state index in [4.69, 9.17) is 0 Å². The summed E-state index contributed by atoms with van der Waals surface area (Å²) in [5, 5.41) is 2.92. The molecule has 2 aromatic carbocycles. The van der Waals surface area contributed by atoms with Crippen LogP contribution in [0.25, 0.3) is 0 Å². The molecule has 0 unspecified atom stereocenters. The average Bonchev–Trinajstić information content (AvgIpc) is 3.21. The Hall–Kier alpha value is -1.24. The van der Waals surface area contributed by atoms with Crippen molar-refractivity contribution in [3.8, 4) is 0 Å². The quantitative estimate of drug-likeness (QED) is 0.438. The van der Waals surface area contributed by atoms with Crippen molar-refractivity contribution >= 4 is 29.5 Å². The summed E-state index contributed by atoms with van der Waals surface area (Å²) < 4.78 is 15.1. The monoisotopic (exact) mass is 450 g/mol. The number of hydrogen-bond acceptors (Lipinski definition) is 2. The molecule has 0 amide bonds. The van der Waals surface area contributed by atoms with Crippen molar-refractivity contribution in [2.45, 2.75) is 75.1 Å². The molecule has 3 aliphatic rings. The van der Waals surface area contributed by atoms with Crippen LogP contribution < -0.4 is 10.6 Å². The number of fused-ring (bicyclic) bond motifs is 1. The van der Waals surface area contributed by atoms with Crippen molar-refractivity contribution in [2.75, 3.05) is 0 Å². The van der Waals surface area contributed by atoms with E-state index in [1.807, 2.05) is 12.1 Å². The Morgan fingerprint density at radius 1 is 0.710 bits per heavy atom. The summed E-state index contributed by atoms with van der Waals surface area (Å²) in [6.45, 7) is 0. The maximum atomic E-state index is 15.1. The first-order valence-electron chi connectivity index (χ1n) is 12.3. The number of thioether (sulfide) groups is 1. The molecule has 1 nitrogen and oxygen atoms in total. The van der Waals surface area contributed by atoms with E-state index in [0.717, 1.165) is 28.7 Å². The summed E-state index contributed by atoms with van der Waals surface area (Å²) in [6, 6.07) is 20.8. The van der Waals surface area contributed by atoms with Gasteiger partial charge in [0.25, 0.3) is 0 Å². The number of allylic oxidation sites excluding steroid dienone is 2. The maximum absolute atomic E-state index is 15.1. The van der Waals surface area contributed by atoms with E-state index in [2.05, 4.69) is 66.4 Å². The van der Waals surface area contributed by atoms with Crippen LogP contribution in [0.1, 0.15) is 64.2 Å². The van der Waals surface area contributed by atoms with Crippen molar-refractivity contribution < 1.29 is 4.57 Å². The zero-order valence-corrected chi connectivity index (χ0v) is 20.2. The van der Waals surface area contributed by atoms with Gasteiger partial charge in [-0.2, -0.15) is 0 Å². The number of benzene rings is 2. The fraction of sp³-hybridized carbons (Fsp3) is 0.500. The zero-order chi connectivity index (χ0) is 21.1. The lowest BCUT2D eigenvalue weighted by Crippen LogP contribution is -2.32. The highest BCUT2D eigenvalue weighted by Crippen LogP contribution is 2.59. The first kappa shape index (κ1) is 21.6. The summed E-state index contributed by atoms with van der Waals surface area (Å²) in [5.41, 5.74) is 0.255. The minimum Gasteiger partial charge on any atom is -0.313 e. The Morgan fingerprint density at radius 3 is 2.00 bits per heavy atom. The molecular weight excluding hydrogens is 415 g/mol. The molecule has 0 spiro atoms. The number of hydrogen-bond donors (Lipinski definition) is 0. The van der Waals surface area contributed by atoms with Gasteiger partial charge in [0.05, 0.1) is 0 Å². The van der Waals surface area contributed by atoms with Crippen molar-refractivity contribution in [2.24, 2.45) is 11.8 Å². The van der Waals surface area contributed by atoms with Gasteiger partial charge in [0.15, 0.2) is 0 Å². The Morgan fingerprint density at radius 2 is 1.35 bits per heavy atom. The van der Waals surface area contributed by atoms with Gasteiger partial charge in [-0.1, -0.05) is 92.4 Å². The fourth-order valence-electron chi connectivity index (χ4n) is 6.31. The lowest BCUT2D eigenvalue weighted by molar-refractivity contribution is 0.422. The molecule has 0 bridgehead atoms. The molecule has 2 fully saturated rings. The largest absolute Gasteiger partial charge is 0.313 e. The fourth-order valence-corrected chi connectivity index (χ4v) is 11.5. The lowest BCUT2D eigenvalue weighted by atomic mass is 9.93. The predicted octanol–water partition coefficient (Wildman–Crippen LogP) is 7.53. The SMILES string of the molecule is O=P(c1ccccc1)(c1ccccc1)[C@@H]1CCC(SC2CCCCC2)=C[C@@H]2CCC[C@H]21. The van der Waals surface area contributed by atoms with Crippen molar-refractivity contribution in [1.82, 2.24) is 0 Å². The van der Waals surface area contributed by atoms with Crippen LogP contribution in [0, 0.1) is 11.8 Å². The van der Waals surface area contributed by atoms with Crippen LogP contribution in [0.5, 0.6) is 0 Å². The highest BCUT2D eigenvalue weighted by molar-refractivity contribution is 8.03. The van der Waals surface area contributed by atoms with Gasteiger partial charge in [-0.05, 0) is 55.3 Å². The zero-order valence-electron chi connectivity index (χ0n) is 18.5. The summed E-state index contributed by atoms with van der Waals surface area (Å²) >= 11 is 2.18. The Kier molecular flexibility index (Phi) is 6.77. The van der Waals surface area contributed by atoms with Gasteiger partial charge < -0.3 is 4.57 Å². The van der Waals surface area contributed by atoms with E-state index in [-0.39, 0.29) is 5.66 Å². The van der Waals surface area contributed by atoms with Crippen molar-refractivity contribution in [3.63, 3.8) is 0 Å². The van der Waals surface area contributed by atoms with Gasteiger partial charge in [0.2, 0.25) is 0 Å². The molecule has 0 radical (unpaired) electrons. The second-order valence-corrected chi connectivity index (χ2v) is 14.1. The molecule has 5 rings (SSSR count). The first-order valence-corrected chi connectivity index (χ1v) is 15.0. The summed E-state index contributed by atoms with van der Waals surface area (Å²) in [4.78, 5) is 1.61. The Bertz CT molecular complexity index is 888. The van der Waals surface area contributed by atoms with Crippen LogP contribution in [0.2, 0.25) is 0 Å². The second-order valence-electron chi connectivity index (χ2n) is 9.70. The molecule has 164 valence electrons. The van der Waals surface area contributed by atoms with Gasteiger partial charge in [-0.3, -0.25) is 0 Å². The third-order valence-electron chi connectivity index (χ3n) is 7.82. The molecule has 0 saturated heterocycles. The average molecular weight is 451 g/mol. The third-order valence-corrected chi connectivity index (χ3v) is 13.0. The van der Waals surface area contributed by atoms with Gasteiger partial charge in [-0.25, -0.2) is 0 Å². The molecule has 2 saturated carbocycles. The van der Waals surface area contributed by atoms with E-state index < -0.39 is 7.14 Å². The van der Waals surface area contributed by atoms with Crippen LogP contribution >= 0.6 is 18.9 Å². The third kappa shape index (κ3) is 4.49. The van der Waals surface area contributed by atoms with Crippen LogP contribution in [-0.4, -0.2) is 10.9 Å². The minimum absolute atomic E-state index is 0.255. The lowest BCUT2D eigenvalue weighted by Gasteiger charge is -2.34. The van der Waals surface area contributed by atoms with Gasteiger partial charge >= 0.3 is 0 Å². The first-order chi connectivity index (χ1) is 15.2. The minimum atomic E-state index is -2.71. The van der Waals surface area contributed by atoms with Crippen LogP contribution in [-0.2, 0) is 4.57 Å². The molecule has 0 heterocycles. The Balaban J connectivity index is 1.49. The highest BCUT2D eigenvalue weighted by atomic mass is 32.2. The number of rotatable bonds is 5. The van der Waals surface area contributed by atoms with Crippen LogP contribution in [0.4, 0.5) is 0 Å². The standard InChI is InChI=1S/C28H35OPS/c29-30(23-12-4-1-5-13-23,24-14-6-2-7-15-24)28-20-19-26(21-22-11-10-18-27(22)28)31-25-16-8-3-9-17-25/h1-2,4-7,12-15,21-22,25,27-28H,3,8-11,16-20H2/t22-,27+,28+/m0/s1. The smallest absolute Gasteiger partial charge is 0.146 e. The Labute approximate surface area is 192 Å². The molecule has 3 heteroatoms. The van der Waals surface area contributed by atoms with Gasteiger partial charge in [0, 0.05) is 21.5 Å². The maximum Gasteiger partial charge on any atom is 0.146 e. The van der Waals surface area contributed by atoms with E-state index in [9.17, 15) is 0 Å². The highest BCUT2D eigenvalue weighted by Gasteiger charge is 2.46. The van der Waals surface area contributed by atoms with Gasteiger partial charge in [0.1, 0.15) is 7.14 Å². The second kappa shape index (κ2) is 9.72. The summed E-state index contributed by atoms with van der Waals surface area (Å²) in [6.07, 6.45) is 15.6. The topological polar surface area (TPSA) is 17.1 Å². The summed E-state index contributed by atoms with van der Waals surface area (Å²) in [5.74, 6) is 1.16. The molecule has 3 aliphatic carbocycles. The molecule has 3 atom stereocenters. The van der Waals surface area contributed by atoms with Crippen LogP contribution in [0.3, 0.4) is 0 Å². The van der Waals surface area contributed by atoms with E-state index in [1.54, 1.807) is 4.91 Å². The predicted molar refractivity (Wildman–Crippen MR) is 136 cm³/mol. The molecule has 0 aromatic heterocycles. The van der Waals surface area contributed by atoms with Crippen LogP contribution in [0.15, 0.2) is 71.6 Å². The van der Waals surface area contributed by atoms with Crippen molar-refractivity contribution in [3.05, 3.63) is 71.6 Å². The molecule has 31 heavy (non-hydrogen) atoms. The van der Waals surface area contributed by atoms with E-state index in [0.29, 0.717) is 11.8 Å².